The molecule has 90 valence electrons. The minimum absolute atomic E-state index is 0.341. The second kappa shape index (κ2) is 6.50. The van der Waals surface area contributed by atoms with E-state index in [1.54, 1.807) is 18.7 Å². The third-order valence-electron chi connectivity index (χ3n) is 2.15. The van der Waals surface area contributed by atoms with Crippen LogP contribution < -0.4 is 0 Å². The Labute approximate surface area is 107 Å². The Bertz CT molecular complexity index is 424. The minimum Gasteiger partial charge on any atom is -0.461 e. The lowest BCUT2D eigenvalue weighted by atomic mass is 10.1. The molecule has 2 radical (unpaired) electrons. The molecule has 1 aromatic carbocycles. The maximum atomic E-state index is 11.1. The van der Waals surface area contributed by atoms with E-state index in [1.165, 1.54) is 0 Å². The summed E-state index contributed by atoms with van der Waals surface area (Å²) in [6.07, 6.45) is 0. The van der Waals surface area contributed by atoms with Crippen molar-refractivity contribution in [2.24, 2.45) is 0 Å². The van der Waals surface area contributed by atoms with Gasteiger partial charge in [-0.05, 0) is 38.0 Å². The fraction of sp³-hybridized carbons (Fsp3) is 0.214. The molecule has 0 atom stereocenters. The third kappa shape index (κ3) is 4.27. The van der Waals surface area contributed by atoms with Gasteiger partial charge in [-0.2, -0.15) is 0 Å². The van der Waals surface area contributed by atoms with Gasteiger partial charge in [-0.3, -0.25) is 0 Å². The second-order valence-electron chi connectivity index (χ2n) is 3.66. The normalized spacial score (nSPS) is 10.1. The van der Waals surface area contributed by atoms with Crippen molar-refractivity contribution in [1.29, 1.82) is 0 Å². The molecule has 0 heterocycles. The molecule has 0 saturated carbocycles. The molecule has 0 spiro atoms. The van der Waals surface area contributed by atoms with E-state index in [2.05, 4.69) is 20.4 Å². The standard InChI is InChI=1S/C14H16O2S/c1-10(2)14(15)16-8-9-17-13-7-5-6-11(3)12(13)4/h5-7H,1,3-4,8-9H2,2H3. The van der Waals surface area contributed by atoms with E-state index in [4.69, 9.17) is 4.74 Å². The van der Waals surface area contributed by atoms with Crippen LogP contribution in [0.3, 0.4) is 0 Å². The molecule has 0 bridgehead atoms. The molecule has 17 heavy (non-hydrogen) atoms. The molecular weight excluding hydrogens is 232 g/mol. The summed E-state index contributed by atoms with van der Waals surface area (Å²) in [7, 11) is 0. The molecule has 0 amide bonds. The highest BCUT2D eigenvalue weighted by Crippen LogP contribution is 2.24. The summed E-state index contributed by atoms with van der Waals surface area (Å²) in [5.74, 6) is 0.358. The lowest BCUT2D eigenvalue weighted by Crippen LogP contribution is -2.07. The zero-order valence-corrected chi connectivity index (χ0v) is 10.8. The fourth-order valence-electron chi connectivity index (χ4n) is 1.16. The van der Waals surface area contributed by atoms with Crippen LogP contribution in [-0.4, -0.2) is 18.3 Å². The van der Waals surface area contributed by atoms with Crippen molar-refractivity contribution in [3.8, 4) is 0 Å². The first-order valence-corrected chi connectivity index (χ1v) is 6.23. The van der Waals surface area contributed by atoms with Gasteiger partial charge in [0.2, 0.25) is 0 Å². The number of esters is 1. The average molecular weight is 248 g/mol. The fourth-order valence-corrected chi connectivity index (χ4v) is 2.02. The van der Waals surface area contributed by atoms with Crippen molar-refractivity contribution >= 4 is 17.7 Å². The van der Waals surface area contributed by atoms with Crippen LogP contribution in [0.4, 0.5) is 0 Å². The molecule has 0 aliphatic carbocycles. The number of hydrogen-bond donors (Lipinski definition) is 0. The Morgan fingerprint density at radius 1 is 1.41 bits per heavy atom. The predicted octanol–water partition coefficient (Wildman–Crippen LogP) is 3.26. The van der Waals surface area contributed by atoms with Gasteiger partial charge >= 0.3 is 5.97 Å². The Morgan fingerprint density at radius 3 is 2.76 bits per heavy atom. The molecule has 0 saturated heterocycles. The van der Waals surface area contributed by atoms with E-state index in [-0.39, 0.29) is 5.97 Å². The van der Waals surface area contributed by atoms with Crippen molar-refractivity contribution in [2.75, 3.05) is 12.4 Å². The number of hydrogen-bond acceptors (Lipinski definition) is 3. The van der Waals surface area contributed by atoms with Gasteiger partial charge in [-0.15, -0.1) is 11.8 Å². The molecule has 0 unspecified atom stereocenters. The van der Waals surface area contributed by atoms with Gasteiger partial charge in [0.15, 0.2) is 0 Å². The largest absolute Gasteiger partial charge is 0.461 e. The molecule has 3 heteroatoms. The highest BCUT2D eigenvalue weighted by Gasteiger charge is 2.04. The highest BCUT2D eigenvalue weighted by molar-refractivity contribution is 7.99. The molecule has 2 nitrogen and oxygen atoms in total. The Kier molecular flexibility index (Phi) is 5.29. The van der Waals surface area contributed by atoms with Crippen molar-refractivity contribution in [3.63, 3.8) is 0 Å². The first-order valence-electron chi connectivity index (χ1n) is 5.24. The van der Waals surface area contributed by atoms with Crippen LogP contribution in [0.25, 0.3) is 0 Å². The molecule has 1 rings (SSSR count). The zero-order valence-electron chi connectivity index (χ0n) is 9.99. The molecule has 1 aromatic rings. The molecule has 0 N–H and O–H groups in total. The van der Waals surface area contributed by atoms with E-state index < -0.39 is 0 Å². The molecular formula is C14H16O2S. The van der Waals surface area contributed by atoms with Gasteiger partial charge in [-0.1, -0.05) is 18.7 Å². The Morgan fingerprint density at radius 2 is 2.12 bits per heavy atom. The van der Waals surface area contributed by atoms with E-state index in [0.717, 1.165) is 16.0 Å². The molecule has 0 aromatic heterocycles. The Hall–Kier alpha value is -1.22. The maximum Gasteiger partial charge on any atom is 0.333 e. The van der Waals surface area contributed by atoms with Crippen LogP contribution in [-0.2, 0) is 9.53 Å². The van der Waals surface area contributed by atoms with Gasteiger partial charge in [0.25, 0.3) is 0 Å². The second-order valence-corrected chi connectivity index (χ2v) is 4.80. The van der Waals surface area contributed by atoms with Gasteiger partial charge in [-0.25, -0.2) is 4.79 Å². The third-order valence-corrected chi connectivity index (χ3v) is 3.22. The Balaban J connectivity index is 2.39. The molecule has 0 aliphatic rings. The summed E-state index contributed by atoms with van der Waals surface area (Å²) in [6.45, 7) is 13.4. The zero-order chi connectivity index (χ0) is 12.8. The van der Waals surface area contributed by atoms with E-state index in [1.807, 2.05) is 18.2 Å². The SMILES string of the molecule is [CH2]c1cccc(SCCOC(=O)C(=C)C)c1[CH2]. The predicted molar refractivity (Wildman–Crippen MR) is 71.9 cm³/mol. The summed E-state index contributed by atoms with van der Waals surface area (Å²) in [6, 6.07) is 5.86. The van der Waals surface area contributed by atoms with Crippen molar-refractivity contribution < 1.29 is 9.53 Å². The number of benzene rings is 1. The smallest absolute Gasteiger partial charge is 0.333 e. The number of carbonyl (C=O) groups is 1. The van der Waals surface area contributed by atoms with E-state index in [0.29, 0.717) is 17.9 Å². The average Bonchev–Trinajstić information content (AvgIpc) is 2.29. The number of ether oxygens (including phenoxy) is 1. The monoisotopic (exact) mass is 248 g/mol. The van der Waals surface area contributed by atoms with Crippen LogP contribution in [0.2, 0.25) is 0 Å². The number of carbonyl (C=O) groups excluding carboxylic acids is 1. The minimum atomic E-state index is -0.341. The molecule has 0 fully saturated rings. The van der Waals surface area contributed by atoms with E-state index in [9.17, 15) is 4.79 Å². The lowest BCUT2D eigenvalue weighted by molar-refractivity contribution is -0.138. The van der Waals surface area contributed by atoms with Gasteiger partial charge in [0.1, 0.15) is 6.61 Å². The summed E-state index contributed by atoms with van der Waals surface area (Å²) < 4.78 is 5.00. The topological polar surface area (TPSA) is 26.3 Å². The van der Waals surface area contributed by atoms with E-state index >= 15 is 0 Å². The van der Waals surface area contributed by atoms with Crippen LogP contribution in [0, 0.1) is 13.8 Å². The number of thioether (sulfide) groups is 1. The van der Waals surface area contributed by atoms with Gasteiger partial charge < -0.3 is 4.74 Å². The quantitative estimate of drug-likeness (QED) is 0.346. The first kappa shape index (κ1) is 13.8. The summed E-state index contributed by atoms with van der Waals surface area (Å²) in [5, 5.41) is 0. The summed E-state index contributed by atoms with van der Waals surface area (Å²) in [5.41, 5.74) is 2.28. The van der Waals surface area contributed by atoms with Crippen LogP contribution in [0.15, 0.2) is 35.2 Å². The summed E-state index contributed by atoms with van der Waals surface area (Å²) >= 11 is 1.61. The van der Waals surface area contributed by atoms with Crippen LogP contribution in [0.1, 0.15) is 18.1 Å². The maximum absolute atomic E-state index is 11.1. The van der Waals surface area contributed by atoms with Crippen LogP contribution >= 0.6 is 11.8 Å². The highest BCUT2D eigenvalue weighted by atomic mass is 32.2. The van der Waals surface area contributed by atoms with Crippen LogP contribution in [0.5, 0.6) is 0 Å². The number of rotatable bonds is 5. The van der Waals surface area contributed by atoms with Crippen molar-refractivity contribution in [3.05, 3.63) is 55.3 Å². The van der Waals surface area contributed by atoms with Crippen molar-refractivity contribution in [1.82, 2.24) is 0 Å². The van der Waals surface area contributed by atoms with Gasteiger partial charge in [0, 0.05) is 16.2 Å². The first-order chi connectivity index (χ1) is 8.02. The van der Waals surface area contributed by atoms with Gasteiger partial charge in [0.05, 0.1) is 0 Å². The summed E-state index contributed by atoms with van der Waals surface area (Å²) in [4.78, 5) is 12.2. The molecule has 0 aliphatic heterocycles. The van der Waals surface area contributed by atoms with Crippen molar-refractivity contribution in [2.45, 2.75) is 11.8 Å². The lowest BCUT2D eigenvalue weighted by Gasteiger charge is -2.08.